The molecule has 0 spiro atoms. The van der Waals surface area contributed by atoms with Gasteiger partial charge in [-0.15, -0.1) is 11.3 Å². The van der Waals surface area contributed by atoms with Crippen molar-refractivity contribution in [3.05, 3.63) is 51.6 Å². The summed E-state index contributed by atoms with van der Waals surface area (Å²) >= 11 is 7.98. The van der Waals surface area contributed by atoms with Crippen molar-refractivity contribution in [3.8, 4) is 17.6 Å². The molecule has 1 aliphatic rings. The lowest BCUT2D eigenvalue weighted by atomic mass is 9.71. The Morgan fingerprint density at radius 2 is 2.14 bits per heavy atom. The molecule has 1 atom stereocenters. The number of carbonyl (C=O) groups is 1. The van der Waals surface area contributed by atoms with Gasteiger partial charge in [-0.05, 0) is 68.3 Å². The minimum Gasteiger partial charge on any atom is -0.497 e. The normalized spacial score (nSPS) is 16.4. The van der Waals surface area contributed by atoms with Gasteiger partial charge in [-0.3, -0.25) is 14.7 Å². The van der Waals surface area contributed by atoms with Crippen molar-refractivity contribution < 1.29 is 19.7 Å². The molecule has 0 saturated carbocycles. The minimum absolute atomic E-state index is 0.0801. The molecule has 3 aromatic rings. The molecule has 184 valence electrons. The molecule has 1 fully saturated rings. The van der Waals surface area contributed by atoms with Crippen molar-refractivity contribution in [1.29, 1.82) is 0 Å². The number of thiazole rings is 1. The van der Waals surface area contributed by atoms with Crippen molar-refractivity contribution in [1.82, 2.24) is 14.9 Å². The van der Waals surface area contributed by atoms with Crippen molar-refractivity contribution in [2.24, 2.45) is 5.41 Å². The Kier molecular flexibility index (Phi) is 8.24. The van der Waals surface area contributed by atoms with E-state index in [4.69, 9.17) is 16.3 Å². The van der Waals surface area contributed by atoms with E-state index in [2.05, 4.69) is 26.7 Å². The highest BCUT2D eigenvalue weighted by molar-refractivity contribution is 7.07. The second-order valence-electron chi connectivity index (χ2n) is 8.98. The molecule has 3 heterocycles. The molecule has 2 aromatic heterocycles. The first-order chi connectivity index (χ1) is 16.9. The van der Waals surface area contributed by atoms with Crippen molar-refractivity contribution in [2.75, 3.05) is 26.7 Å². The average molecular weight is 514 g/mol. The van der Waals surface area contributed by atoms with E-state index in [1.165, 1.54) is 11.3 Å². The van der Waals surface area contributed by atoms with E-state index in [1.54, 1.807) is 18.8 Å². The third kappa shape index (κ3) is 6.30. The summed E-state index contributed by atoms with van der Waals surface area (Å²) in [6, 6.07) is 5.47. The summed E-state index contributed by atoms with van der Waals surface area (Å²) in [6.07, 6.45) is 3.26. The van der Waals surface area contributed by atoms with Gasteiger partial charge in [0.15, 0.2) is 0 Å². The van der Waals surface area contributed by atoms with E-state index in [-0.39, 0.29) is 11.8 Å². The number of likely N-dealkylation sites (tertiary alicyclic amines) is 1. The second-order valence-corrected chi connectivity index (χ2v) is 10.1. The zero-order valence-corrected chi connectivity index (χ0v) is 21.1. The number of aliphatic carboxylic acids is 1. The molecule has 0 unspecified atom stereocenters. The molecule has 1 aliphatic heterocycles. The fourth-order valence-electron chi connectivity index (χ4n) is 4.76. The van der Waals surface area contributed by atoms with Gasteiger partial charge >= 0.3 is 5.97 Å². The van der Waals surface area contributed by atoms with Crippen LogP contribution in [-0.4, -0.2) is 57.8 Å². The molecule has 1 aromatic carbocycles. The Morgan fingerprint density at radius 1 is 1.34 bits per heavy atom. The summed E-state index contributed by atoms with van der Waals surface area (Å²) in [6.45, 7) is 2.17. The number of rotatable bonds is 8. The molecular formula is C26H28ClN3O4S. The SMILES string of the molecule is COc1ccc2ncc(Cl)c([C@H](O)CCC3(CC(=O)O)CCN(CC#Cc4cscn4)CC3)c2c1. The summed E-state index contributed by atoms with van der Waals surface area (Å²) < 4.78 is 5.34. The lowest BCUT2D eigenvalue weighted by Gasteiger charge is -2.41. The number of carboxylic acid groups (broad SMARTS) is 1. The molecule has 35 heavy (non-hydrogen) atoms. The number of hydrogen-bond donors (Lipinski definition) is 2. The Morgan fingerprint density at radius 3 is 2.83 bits per heavy atom. The number of pyridine rings is 1. The minimum atomic E-state index is -0.840. The lowest BCUT2D eigenvalue weighted by Crippen LogP contribution is -2.41. The summed E-state index contributed by atoms with van der Waals surface area (Å²) in [5.74, 6) is 6.07. The van der Waals surface area contributed by atoms with Gasteiger partial charge in [-0.25, -0.2) is 4.98 Å². The van der Waals surface area contributed by atoms with Crippen LogP contribution in [0.5, 0.6) is 5.75 Å². The van der Waals surface area contributed by atoms with Gasteiger partial charge in [-0.2, -0.15) is 0 Å². The van der Waals surface area contributed by atoms with Crippen molar-refractivity contribution in [3.63, 3.8) is 0 Å². The van der Waals surface area contributed by atoms with Crippen LogP contribution in [0, 0.1) is 17.3 Å². The predicted octanol–water partition coefficient (Wildman–Crippen LogP) is 4.78. The fraction of sp³-hybridized carbons (Fsp3) is 0.423. The van der Waals surface area contributed by atoms with Crippen LogP contribution in [0.25, 0.3) is 10.9 Å². The van der Waals surface area contributed by atoms with Crippen LogP contribution < -0.4 is 4.74 Å². The molecule has 9 heteroatoms. The van der Waals surface area contributed by atoms with Gasteiger partial charge in [0.2, 0.25) is 0 Å². The maximum absolute atomic E-state index is 11.7. The van der Waals surface area contributed by atoms with Crippen LogP contribution in [0.4, 0.5) is 0 Å². The zero-order chi connectivity index (χ0) is 24.8. The number of nitrogens with zero attached hydrogens (tertiary/aromatic N) is 3. The standard InChI is InChI=1S/C26H28ClN3O4S/c1-34-19-4-5-22-20(13-19)25(21(27)15-28-22)23(31)6-7-26(14-24(32)33)8-11-30(12-9-26)10-2-3-18-16-35-17-29-18/h4-5,13,15-17,23,31H,6-12,14H2,1H3,(H,32,33)/t23-/m1/s1. The van der Waals surface area contributed by atoms with Crippen LogP contribution in [0.15, 0.2) is 35.3 Å². The molecule has 0 aliphatic carbocycles. The number of piperidine rings is 1. The smallest absolute Gasteiger partial charge is 0.303 e. The molecule has 0 amide bonds. The number of ether oxygens (including phenoxy) is 1. The fourth-order valence-corrected chi connectivity index (χ4v) is 5.52. The van der Waals surface area contributed by atoms with Gasteiger partial charge in [0, 0.05) is 22.5 Å². The zero-order valence-electron chi connectivity index (χ0n) is 19.5. The van der Waals surface area contributed by atoms with Crippen molar-refractivity contribution >= 4 is 39.8 Å². The molecule has 2 N–H and O–H groups in total. The number of aliphatic hydroxyl groups is 1. The third-order valence-corrected chi connectivity index (χ3v) is 7.63. The van der Waals surface area contributed by atoms with E-state index in [9.17, 15) is 15.0 Å². The van der Waals surface area contributed by atoms with E-state index in [0.29, 0.717) is 35.7 Å². The van der Waals surface area contributed by atoms with Gasteiger partial charge in [-0.1, -0.05) is 17.5 Å². The number of halogens is 1. The lowest BCUT2D eigenvalue weighted by molar-refractivity contribution is -0.141. The van der Waals surface area contributed by atoms with Crippen molar-refractivity contribution in [2.45, 2.75) is 38.2 Å². The molecular weight excluding hydrogens is 486 g/mol. The van der Waals surface area contributed by atoms with E-state index in [0.717, 1.165) is 42.5 Å². The maximum atomic E-state index is 11.7. The number of hydrogen-bond acceptors (Lipinski definition) is 7. The largest absolute Gasteiger partial charge is 0.497 e. The van der Waals surface area contributed by atoms with Gasteiger partial charge < -0.3 is 14.9 Å². The Bertz CT molecular complexity index is 1230. The summed E-state index contributed by atoms with van der Waals surface area (Å²) in [7, 11) is 1.59. The quantitative estimate of drug-likeness (QED) is 0.418. The number of aliphatic hydroxyl groups excluding tert-OH is 1. The number of benzene rings is 1. The van der Waals surface area contributed by atoms with E-state index < -0.39 is 12.1 Å². The van der Waals surface area contributed by atoms with Crippen LogP contribution in [0.1, 0.15) is 49.5 Å². The first kappa shape index (κ1) is 25.4. The Labute approximate surface area is 213 Å². The maximum Gasteiger partial charge on any atom is 0.303 e. The highest BCUT2D eigenvalue weighted by Gasteiger charge is 2.37. The summed E-state index contributed by atoms with van der Waals surface area (Å²) in [5, 5.41) is 23.8. The van der Waals surface area contributed by atoms with Crippen LogP contribution in [0.2, 0.25) is 5.02 Å². The first-order valence-corrected chi connectivity index (χ1v) is 12.8. The average Bonchev–Trinajstić information content (AvgIpc) is 3.36. The molecule has 4 rings (SSSR count). The number of aromatic nitrogens is 2. The highest BCUT2D eigenvalue weighted by atomic mass is 35.5. The second kappa shape index (κ2) is 11.4. The summed E-state index contributed by atoms with van der Waals surface area (Å²) in [5.41, 5.74) is 3.49. The topological polar surface area (TPSA) is 95.8 Å². The van der Waals surface area contributed by atoms with Gasteiger partial charge in [0.1, 0.15) is 11.4 Å². The third-order valence-electron chi connectivity index (χ3n) is 6.74. The Balaban J connectivity index is 1.44. The summed E-state index contributed by atoms with van der Waals surface area (Å²) in [4.78, 5) is 22.5. The van der Waals surface area contributed by atoms with Gasteiger partial charge in [0.25, 0.3) is 0 Å². The molecule has 7 nitrogen and oxygen atoms in total. The number of fused-ring (bicyclic) bond motifs is 1. The predicted molar refractivity (Wildman–Crippen MR) is 137 cm³/mol. The highest BCUT2D eigenvalue weighted by Crippen LogP contribution is 2.43. The number of methoxy groups -OCH3 is 1. The van der Waals surface area contributed by atoms with Crippen LogP contribution in [0.3, 0.4) is 0 Å². The van der Waals surface area contributed by atoms with Crippen LogP contribution in [-0.2, 0) is 4.79 Å². The number of carboxylic acids is 1. The Hall–Kier alpha value is -2.70. The monoisotopic (exact) mass is 513 g/mol. The molecule has 0 bridgehead atoms. The van der Waals surface area contributed by atoms with E-state index >= 15 is 0 Å². The van der Waals surface area contributed by atoms with Crippen LogP contribution >= 0.6 is 22.9 Å². The van der Waals surface area contributed by atoms with Gasteiger partial charge in [0.05, 0.1) is 42.2 Å². The van der Waals surface area contributed by atoms with E-state index in [1.807, 2.05) is 23.6 Å². The molecule has 1 saturated heterocycles. The first-order valence-electron chi connectivity index (χ1n) is 11.5. The molecule has 0 radical (unpaired) electrons.